The summed E-state index contributed by atoms with van der Waals surface area (Å²) in [5.74, 6) is -0.659. The molecular formula is C26H32N2O4. The largest absolute Gasteiger partial charge is 0.507 e. The molecule has 3 rings (SSSR count). The van der Waals surface area contributed by atoms with E-state index in [1.54, 1.807) is 17.0 Å². The second-order valence-electron chi connectivity index (χ2n) is 7.89. The number of hydrogen-bond donors (Lipinski definition) is 1. The van der Waals surface area contributed by atoms with E-state index in [0.29, 0.717) is 25.3 Å². The average Bonchev–Trinajstić information content (AvgIpc) is 3.05. The molecule has 1 aliphatic rings. The lowest BCUT2D eigenvalue weighted by Gasteiger charge is -2.28. The van der Waals surface area contributed by atoms with Crippen molar-refractivity contribution in [2.75, 3.05) is 32.8 Å². The average molecular weight is 437 g/mol. The molecule has 0 radical (unpaired) electrons. The number of amides is 1. The number of ketones is 1. The maximum absolute atomic E-state index is 13.1. The van der Waals surface area contributed by atoms with Gasteiger partial charge in [-0.05, 0) is 44.6 Å². The van der Waals surface area contributed by atoms with E-state index < -0.39 is 17.7 Å². The molecule has 1 N–H and O–H groups in total. The molecule has 0 spiro atoms. The molecule has 1 atom stereocenters. The highest BCUT2D eigenvalue weighted by Gasteiger charge is 2.45. The van der Waals surface area contributed by atoms with Gasteiger partial charge in [-0.15, -0.1) is 0 Å². The van der Waals surface area contributed by atoms with Crippen molar-refractivity contribution in [1.29, 1.82) is 0 Å². The Morgan fingerprint density at radius 3 is 2.19 bits per heavy atom. The number of hydrogen-bond acceptors (Lipinski definition) is 5. The summed E-state index contributed by atoms with van der Waals surface area (Å²) in [6, 6.07) is 14.0. The predicted octanol–water partition coefficient (Wildman–Crippen LogP) is 4.16. The number of Topliss-reactive ketones (excluding diaryl/α,β-unsaturated/α-hetero) is 1. The van der Waals surface area contributed by atoms with E-state index in [2.05, 4.69) is 18.7 Å². The van der Waals surface area contributed by atoms with Crippen molar-refractivity contribution in [3.05, 3.63) is 70.8 Å². The van der Waals surface area contributed by atoms with Gasteiger partial charge in [0.25, 0.3) is 11.7 Å². The predicted molar refractivity (Wildman–Crippen MR) is 126 cm³/mol. The number of carbonyl (C=O) groups is 2. The van der Waals surface area contributed by atoms with Gasteiger partial charge in [0.1, 0.15) is 11.5 Å². The first kappa shape index (κ1) is 23.5. The quantitative estimate of drug-likeness (QED) is 0.363. The van der Waals surface area contributed by atoms with Gasteiger partial charge in [-0.2, -0.15) is 0 Å². The Bertz CT molecular complexity index is 976. The summed E-state index contributed by atoms with van der Waals surface area (Å²) in [6.45, 7) is 11.3. The molecule has 6 heteroatoms. The van der Waals surface area contributed by atoms with Crippen LogP contribution in [0.25, 0.3) is 5.76 Å². The van der Waals surface area contributed by atoms with E-state index in [4.69, 9.17) is 4.74 Å². The van der Waals surface area contributed by atoms with E-state index in [9.17, 15) is 14.7 Å². The molecule has 1 saturated heterocycles. The normalized spacial score (nSPS) is 17.9. The van der Waals surface area contributed by atoms with E-state index >= 15 is 0 Å². The van der Waals surface area contributed by atoms with Crippen molar-refractivity contribution in [2.45, 2.75) is 33.7 Å². The second-order valence-corrected chi connectivity index (χ2v) is 7.89. The zero-order valence-corrected chi connectivity index (χ0v) is 19.3. The molecule has 1 fully saturated rings. The van der Waals surface area contributed by atoms with Gasteiger partial charge < -0.3 is 19.6 Å². The number of rotatable bonds is 9. The standard InChI is InChI=1S/C26H32N2O4/c1-5-27(6-2)16-17-28-23(19-12-14-21(15-13-19)32-7-3)22(25(30)26(28)31)24(29)20-10-8-18(4)9-11-20/h8-15,23,29H,5-7,16-17H2,1-4H3/b24-22+/t23-/m0/s1. The zero-order valence-electron chi connectivity index (χ0n) is 19.3. The first-order chi connectivity index (χ1) is 15.4. The Kier molecular flexibility index (Phi) is 7.70. The molecule has 0 unspecified atom stereocenters. The van der Waals surface area contributed by atoms with Crippen LogP contribution in [0.1, 0.15) is 43.5 Å². The first-order valence-electron chi connectivity index (χ1n) is 11.2. The third kappa shape index (κ3) is 4.86. The number of nitrogens with zero attached hydrogens (tertiary/aromatic N) is 2. The smallest absolute Gasteiger partial charge is 0.295 e. The van der Waals surface area contributed by atoms with Crippen LogP contribution in [0.15, 0.2) is 54.1 Å². The summed E-state index contributed by atoms with van der Waals surface area (Å²) >= 11 is 0. The molecule has 2 aromatic carbocycles. The van der Waals surface area contributed by atoms with E-state index in [1.807, 2.05) is 50.2 Å². The van der Waals surface area contributed by atoms with Gasteiger partial charge in [-0.3, -0.25) is 9.59 Å². The van der Waals surface area contributed by atoms with Crippen molar-refractivity contribution in [1.82, 2.24) is 9.80 Å². The lowest BCUT2D eigenvalue weighted by Crippen LogP contribution is -2.38. The summed E-state index contributed by atoms with van der Waals surface area (Å²) in [5.41, 5.74) is 2.46. The van der Waals surface area contributed by atoms with E-state index in [0.717, 1.165) is 30.0 Å². The van der Waals surface area contributed by atoms with Gasteiger partial charge in [-0.25, -0.2) is 0 Å². The third-order valence-electron chi connectivity index (χ3n) is 5.92. The minimum absolute atomic E-state index is 0.127. The van der Waals surface area contributed by atoms with Crippen LogP contribution in [0.4, 0.5) is 0 Å². The Hall–Kier alpha value is -3.12. The maximum atomic E-state index is 13.1. The number of likely N-dealkylation sites (N-methyl/N-ethyl adjacent to an activating group) is 1. The number of aliphatic hydroxyl groups excluding tert-OH is 1. The van der Waals surface area contributed by atoms with Crippen molar-refractivity contribution < 1.29 is 19.4 Å². The third-order valence-corrected chi connectivity index (χ3v) is 5.92. The maximum Gasteiger partial charge on any atom is 0.295 e. The van der Waals surface area contributed by atoms with Crippen LogP contribution in [-0.4, -0.2) is 59.4 Å². The van der Waals surface area contributed by atoms with Gasteiger partial charge in [0, 0.05) is 18.7 Å². The van der Waals surface area contributed by atoms with Gasteiger partial charge >= 0.3 is 0 Å². The molecule has 1 amide bonds. The number of likely N-dealkylation sites (tertiary alicyclic amines) is 1. The molecule has 2 aromatic rings. The molecule has 0 aliphatic carbocycles. The first-order valence-corrected chi connectivity index (χ1v) is 11.2. The topological polar surface area (TPSA) is 70.1 Å². The van der Waals surface area contributed by atoms with Gasteiger partial charge in [0.2, 0.25) is 0 Å². The van der Waals surface area contributed by atoms with Crippen LogP contribution in [-0.2, 0) is 9.59 Å². The minimum Gasteiger partial charge on any atom is -0.507 e. The Balaban J connectivity index is 2.06. The fourth-order valence-electron chi connectivity index (χ4n) is 4.03. The van der Waals surface area contributed by atoms with E-state index in [1.165, 1.54) is 0 Å². The van der Waals surface area contributed by atoms with Gasteiger partial charge in [0.15, 0.2) is 0 Å². The summed E-state index contributed by atoms with van der Waals surface area (Å²) in [6.07, 6.45) is 0. The van der Waals surface area contributed by atoms with Crippen LogP contribution < -0.4 is 4.74 Å². The lowest BCUT2D eigenvalue weighted by atomic mass is 9.95. The minimum atomic E-state index is -0.651. The fourth-order valence-corrected chi connectivity index (χ4v) is 4.03. The monoisotopic (exact) mass is 436 g/mol. The molecular weight excluding hydrogens is 404 g/mol. The summed E-state index contributed by atoms with van der Waals surface area (Å²) in [7, 11) is 0. The van der Waals surface area contributed by atoms with Crippen molar-refractivity contribution in [3.8, 4) is 5.75 Å². The second kappa shape index (κ2) is 10.5. The molecule has 32 heavy (non-hydrogen) atoms. The fraction of sp³-hybridized carbons (Fsp3) is 0.385. The molecule has 0 saturated carbocycles. The van der Waals surface area contributed by atoms with Crippen LogP contribution in [0.5, 0.6) is 5.75 Å². The summed E-state index contributed by atoms with van der Waals surface area (Å²) < 4.78 is 5.54. The Morgan fingerprint density at radius 2 is 1.62 bits per heavy atom. The van der Waals surface area contributed by atoms with Gasteiger partial charge in [0.05, 0.1) is 18.2 Å². The van der Waals surface area contributed by atoms with Crippen molar-refractivity contribution in [2.24, 2.45) is 0 Å². The van der Waals surface area contributed by atoms with Crippen molar-refractivity contribution in [3.63, 3.8) is 0 Å². The Morgan fingerprint density at radius 1 is 1.00 bits per heavy atom. The van der Waals surface area contributed by atoms with E-state index in [-0.39, 0.29) is 11.3 Å². The van der Waals surface area contributed by atoms with Crippen LogP contribution in [0, 0.1) is 6.92 Å². The molecule has 1 heterocycles. The molecule has 0 bridgehead atoms. The molecule has 6 nitrogen and oxygen atoms in total. The van der Waals surface area contributed by atoms with Crippen LogP contribution in [0.3, 0.4) is 0 Å². The number of ether oxygens (including phenoxy) is 1. The molecule has 170 valence electrons. The summed E-state index contributed by atoms with van der Waals surface area (Å²) in [5, 5.41) is 11.1. The summed E-state index contributed by atoms with van der Waals surface area (Å²) in [4.78, 5) is 29.9. The molecule has 1 aliphatic heterocycles. The number of benzene rings is 2. The lowest BCUT2D eigenvalue weighted by molar-refractivity contribution is -0.140. The zero-order chi connectivity index (χ0) is 23.3. The highest BCUT2D eigenvalue weighted by molar-refractivity contribution is 6.46. The number of aliphatic hydroxyl groups is 1. The SMILES string of the molecule is CCOc1ccc([C@H]2/C(=C(\O)c3ccc(C)cc3)C(=O)C(=O)N2CCN(CC)CC)cc1. The van der Waals surface area contributed by atoms with Crippen LogP contribution in [0.2, 0.25) is 0 Å². The highest BCUT2D eigenvalue weighted by Crippen LogP contribution is 2.39. The number of carbonyl (C=O) groups excluding carboxylic acids is 2. The molecule has 0 aromatic heterocycles. The highest BCUT2D eigenvalue weighted by atomic mass is 16.5. The number of aryl methyl sites for hydroxylation is 1. The van der Waals surface area contributed by atoms with Crippen LogP contribution >= 0.6 is 0 Å². The Labute approximate surface area is 190 Å². The van der Waals surface area contributed by atoms with Gasteiger partial charge in [-0.1, -0.05) is 55.8 Å². The van der Waals surface area contributed by atoms with Crippen molar-refractivity contribution >= 4 is 17.4 Å².